The third-order valence-electron chi connectivity index (χ3n) is 3.27. The number of nitrogens with one attached hydrogen (secondary N) is 1. The fourth-order valence-electron chi connectivity index (χ4n) is 2.15. The Morgan fingerprint density at radius 3 is 2.68 bits per heavy atom. The van der Waals surface area contributed by atoms with Crippen molar-refractivity contribution in [2.45, 2.75) is 25.5 Å². The number of nitrogens with zero attached hydrogens (tertiary/aromatic N) is 2. The highest BCUT2D eigenvalue weighted by Crippen LogP contribution is 2.31. The number of carbonyl (C=O) groups excluding carboxylic acids is 1. The number of aliphatic hydroxyl groups is 1. The zero-order chi connectivity index (χ0) is 16.3. The van der Waals surface area contributed by atoms with Gasteiger partial charge in [0.1, 0.15) is 5.75 Å². The number of anilines is 1. The van der Waals surface area contributed by atoms with Gasteiger partial charge in [-0.2, -0.15) is 10.1 Å². The molecular formula is C14H17F2N3O3. The Bertz CT molecular complexity index is 577. The maximum atomic E-state index is 13.0. The lowest BCUT2D eigenvalue weighted by atomic mass is 10.1. The van der Waals surface area contributed by atoms with E-state index in [0.29, 0.717) is 16.4 Å². The third kappa shape index (κ3) is 3.16. The zero-order valence-corrected chi connectivity index (χ0v) is 12.2. The van der Waals surface area contributed by atoms with Gasteiger partial charge in [-0.3, -0.25) is 4.79 Å². The molecule has 1 amide bonds. The molecule has 0 radical (unpaired) electrons. The molecule has 120 valence electrons. The van der Waals surface area contributed by atoms with Crippen molar-refractivity contribution in [3.8, 4) is 5.75 Å². The SMILES string of the molecule is COc1ccc(NCC(=O)N2N=C(C)C[C@]2(O)C(F)F)cc1. The van der Waals surface area contributed by atoms with E-state index < -0.39 is 18.1 Å². The predicted molar refractivity (Wildman–Crippen MR) is 77.0 cm³/mol. The summed E-state index contributed by atoms with van der Waals surface area (Å²) < 4.78 is 31.0. The van der Waals surface area contributed by atoms with Crippen molar-refractivity contribution >= 4 is 17.3 Å². The molecule has 1 aromatic rings. The lowest BCUT2D eigenvalue weighted by Crippen LogP contribution is -2.52. The number of carbonyl (C=O) groups is 1. The minimum absolute atomic E-state index is 0.266. The molecule has 2 N–H and O–H groups in total. The number of hydrogen-bond donors (Lipinski definition) is 2. The molecule has 1 heterocycles. The van der Waals surface area contributed by atoms with Gasteiger partial charge >= 0.3 is 0 Å². The zero-order valence-electron chi connectivity index (χ0n) is 12.2. The van der Waals surface area contributed by atoms with Crippen LogP contribution in [0.2, 0.25) is 0 Å². The standard InChI is InChI=1S/C14H17F2N3O3/c1-9-7-14(21,13(15)16)19(18-9)12(20)8-17-10-3-5-11(22-2)6-4-10/h3-6,13,17,21H,7-8H2,1-2H3/t14-/m0/s1. The van der Waals surface area contributed by atoms with E-state index in [-0.39, 0.29) is 18.7 Å². The van der Waals surface area contributed by atoms with E-state index in [0.717, 1.165) is 0 Å². The molecule has 0 aromatic heterocycles. The monoisotopic (exact) mass is 313 g/mol. The number of amides is 1. The van der Waals surface area contributed by atoms with E-state index in [4.69, 9.17) is 4.74 Å². The van der Waals surface area contributed by atoms with E-state index >= 15 is 0 Å². The van der Waals surface area contributed by atoms with Gasteiger partial charge in [0.2, 0.25) is 5.72 Å². The summed E-state index contributed by atoms with van der Waals surface area (Å²) in [4.78, 5) is 12.0. The van der Waals surface area contributed by atoms with Gasteiger partial charge < -0.3 is 15.2 Å². The van der Waals surface area contributed by atoms with Gasteiger partial charge in [-0.1, -0.05) is 0 Å². The van der Waals surface area contributed by atoms with Crippen molar-refractivity contribution in [1.82, 2.24) is 5.01 Å². The largest absolute Gasteiger partial charge is 0.497 e. The number of hydrogen-bond acceptors (Lipinski definition) is 5. The summed E-state index contributed by atoms with van der Waals surface area (Å²) in [6.45, 7) is 1.22. The van der Waals surface area contributed by atoms with Crippen LogP contribution in [0, 0.1) is 0 Å². The molecule has 1 atom stereocenters. The summed E-state index contributed by atoms with van der Waals surface area (Å²) >= 11 is 0. The molecule has 1 aromatic carbocycles. The number of rotatable bonds is 5. The second-order valence-corrected chi connectivity index (χ2v) is 4.98. The van der Waals surface area contributed by atoms with Crippen LogP contribution in [0.15, 0.2) is 29.4 Å². The summed E-state index contributed by atoms with van der Waals surface area (Å²) in [7, 11) is 1.53. The normalized spacial score (nSPS) is 21.0. The van der Waals surface area contributed by atoms with Crippen molar-refractivity contribution in [2.75, 3.05) is 19.0 Å². The van der Waals surface area contributed by atoms with Crippen LogP contribution in [0.25, 0.3) is 0 Å². The molecule has 0 fully saturated rings. The van der Waals surface area contributed by atoms with Crippen molar-refractivity contribution in [2.24, 2.45) is 5.10 Å². The molecule has 0 saturated carbocycles. The number of hydrazone groups is 1. The highest BCUT2D eigenvalue weighted by molar-refractivity contribution is 5.90. The molecule has 0 aliphatic carbocycles. The maximum Gasteiger partial charge on any atom is 0.287 e. The van der Waals surface area contributed by atoms with Crippen LogP contribution >= 0.6 is 0 Å². The van der Waals surface area contributed by atoms with Gasteiger partial charge in [0.15, 0.2) is 0 Å². The van der Waals surface area contributed by atoms with Crippen molar-refractivity contribution < 1.29 is 23.4 Å². The van der Waals surface area contributed by atoms with E-state index in [9.17, 15) is 18.7 Å². The van der Waals surface area contributed by atoms with E-state index in [1.54, 1.807) is 24.3 Å². The summed E-state index contributed by atoms with van der Waals surface area (Å²) in [5, 5.41) is 16.9. The van der Waals surface area contributed by atoms with Crippen LogP contribution in [-0.2, 0) is 4.79 Å². The fraction of sp³-hybridized carbons (Fsp3) is 0.429. The number of methoxy groups -OCH3 is 1. The van der Waals surface area contributed by atoms with Crippen LogP contribution < -0.4 is 10.1 Å². The molecule has 1 aliphatic heterocycles. The first kappa shape index (κ1) is 16.2. The highest BCUT2D eigenvalue weighted by atomic mass is 19.3. The minimum Gasteiger partial charge on any atom is -0.497 e. The first-order chi connectivity index (χ1) is 10.4. The van der Waals surface area contributed by atoms with Crippen molar-refractivity contribution in [1.29, 1.82) is 0 Å². The van der Waals surface area contributed by atoms with E-state index in [1.165, 1.54) is 14.0 Å². The average Bonchev–Trinajstić information content (AvgIpc) is 2.81. The molecule has 0 saturated heterocycles. The van der Waals surface area contributed by atoms with Crippen LogP contribution in [0.1, 0.15) is 13.3 Å². The summed E-state index contributed by atoms with van der Waals surface area (Å²) in [5.41, 5.74) is -1.67. The Hall–Kier alpha value is -2.22. The number of halogens is 2. The van der Waals surface area contributed by atoms with E-state index in [1.807, 2.05) is 0 Å². The average molecular weight is 313 g/mol. The molecule has 2 rings (SSSR count). The van der Waals surface area contributed by atoms with Crippen molar-refractivity contribution in [3.63, 3.8) is 0 Å². The molecule has 0 spiro atoms. The molecule has 1 aliphatic rings. The van der Waals surface area contributed by atoms with Gasteiger partial charge in [0.05, 0.1) is 13.7 Å². The molecular weight excluding hydrogens is 296 g/mol. The molecule has 22 heavy (non-hydrogen) atoms. The second kappa shape index (κ2) is 6.27. The predicted octanol–water partition coefficient (Wildman–Crippen LogP) is 1.67. The first-order valence-electron chi connectivity index (χ1n) is 6.62. The third-order valence-corrected chi connectivity index (χ3v) is 3.27. The van der Waals surface area contributed by atoms with Crippen LogP contribution in [-0.4, -0.2) is 47.5 Å². The number of benzene rings is 1. The van der Waals surface area contributed by atoms with Gasteiger partial charge in [-0.15, -0.1) is 0 Å². The summed E-state index contributed by atoms with van der Waals surface area (Å²) in [5.74, 6) is -0.0841. The Morgan fingerprint density at radius 2 is 2.14 bits per heavy atom. The highest BCUT2D eigenvalue weighted by Gasteiger charge is 2.50. The number of ether oxygens (including phenoxy) is 1. The Labute approximate surface area is 126 Å². The van der Waals surface area contributed by atoms with Crippen LogP contribution in [0.4, 0.5) is 14.5 Å². The molecule has 0 unspecified atom stereocenters. The molecule has 8 heteroatoms. The molecule has 6 nitrogen and oxygen atoms in total. The first-order valence-corrected chi connectivity index (χ1v) is 6.62. The Balaban J connectivity index is 2.01. The minimum atomic E-state index is -3.10. The molecule has 0 bridgehead atoms. The topological polar surface area (TPSA) is 74.2 Å². The second-order valence-electron chi connectivity index (χ2n) is 4.98. The fourth-order valence-corrected chi connectivity index (χ4v) is 2.15. The summed E-state index contributed by atoms with van der Waals surface area (Å²) in [6, 6.07) is 6.76. The van der Waals surface area contributed by atoms with Gasteiger partial charge in [-0.05, 0) is 31.2 Å². The Kier molecular flexibility index (Phi) is 4.60. The lowest BCUT2D eigenvalue weighted by Gasteiger charge is -2.30. The lowest BCUT2D eigenvalue weighted by molar-refractivity contribution is -0.190. The Morgan fingerprint density at radius 1 is 1.50 bits per heavy atom. The van der Waals surface area contributed by atoms with Gasteiger partial charge in [0, 0.05) is 17.8 Å². The van der Waals surface area contributed by atoms with Gasteiger partial charge in [-0.25, -0.2) is 8.78 Å². The van der Waals surface area contributed by atoms with Gasteiger partial charge in [0.25, 0.3) is 12.3 Å². The van der Waals surface area contributed by atoms with Crippen LogP contribution in [0.5, 0.6) is 5.75 Å². The number of alkyl halides is 2. The van der Waals surface area contributed by atoms with Crippen molar-refractivity contribution in [3.05, 3.63) is 24.3 Å². The smallest absolute Gasteiger partial charge is 0.287 e. The quantitative estimate of drug-likeness (QED) is 0.867. The maximum absolute atomic E-state index is 13.0. The van der Waals surface area contributed by atoms with Crippen LogP contribution in [0.3, 0.4) is 0 Å². The van der Waals surface area contributed by atoms with E-state index in [2.05, 4.69) is 10.4 Å². The summed E-state index contributed by atoms with van der Waals surface area (Å²) in [6.07, 6.45) is -3.46.